The summed E-state index contributed by atoms with van der Waals surface area (Å²) < 4.78 is 12.9. The van der Waals surface area contributed by atoms with Crippen molar-refractivity contribution in [1.82, 2.24) is 5.32 Å². The maximum absolute atomic E-state index is 12.9. The van der Waals surface area contributed by atoms with Crippen LogP contribution >= 0.6 is 0 Å². The zero-order chi connectivity index (χ0) is 12.8. The van der Waals surface area contributed by atoms with Crippen LogP contribution in [0.4, 0.5) is 4.39 Å². The summed E-state index contributed by atoms with van der Waals surface area (Å²) in [6, 6.07) is 7.65. The molecule has 1 aromatic carbocycles. The molecule has 4 saturated carbocycles. The highest BCUT2D eigenvalue weighted by atomic mass is 19.1. The van der Waals surface area contributed by atoms with Crippen LogP contribution in [-0.2, 0) is 6.54 Å². The molecule has 4 aliphatic carbocycles. The van der Waals surface area contributed by atoms with E-state index in [2.05, 4.69) is 5.32 Å². The summed E-state index contributed by atoms with van der Waals surface area (Å²) in [5.41, 5.74) is 1.20. The van der Waals surface area contributed by atoms with E-state index in [-0.39, 0.29) is 5.82 Å². The van der Waals surface area contributed by atoms with Crippen LogP contribution in [-0.4, -0.2) is 6.04 Å². The molecule has 102 valence electrons. The fraction of sp³-hybridized carbons (Fsp3) is 0.647. The van der Waals surface area contributed by atoms with Gasteiger partial charge in [0.1, 0.15) is 5.82 Å². The van der Waals surface area contributed by atoms with Crippen LogP contribution in [0.25, 0.3) is 0 Å². The van der Waals surface area contributed by atoms with Crippen LogP contribution in [0.2, 0.25) is 0 Å². The Morgan fingerprint density at radius 2 is 1.47 bits per heavy atom. The third-order valence-corrected chi connectivity index (χ3v) is 5.68. The Morgan fingerprint density at radius 3 is 2.05 bits per heavy atom. The number of hydrogen-bond acceptors (Lipinski definition) is 1. The lowest BCUT2D eigenvalue weighted by Crippen LogP contribution is -2.54. The number of benzene rings is 1. The van der Waals surface area contributed by atoms with Gasteiger partial charge in [0.2, 0.25) is 0 Å². The highest BCUT2D eigenvalue weighted by Gasteiger charge is 2.47. The summed E-state index contributed by atoms with van der Waals surface area (Å²) in [6.07, 6.45) is 7.32. The molecule has 1 aromatic rings. The first kappa shape index (κ1) is 11.9. The molecule has 0 heterocycles. The minimum absolute atomic E-state index is 0.140. The molecule has 5 rings (SSSR count). The molecule has 19 heavy (non-hydrogen) atoms. The van der Waals surface area contributed by atoms with Crippen molar-refractivity contribution in [1.29, 1.82) is 0 Å². The van der Waals surface area contributed by atoms with Crippen molar-refractivity contribution in [2.24, 2.45) is 23.7 Å². The second-order valence-corrected chi connectivity index (χ2v) is 6.96. The number of halogens is 1. The molecule has 0 unspecified atom stereocenters. The van der Waals surface area contributed by atoms with E-state index in [0.29, 0.717) is 0 Å². The van der Waals surface area contributed by atoms with E-state index in [1.54, 1.807) is 12.1 Å². The van der Waals surface area contributed by atoms with Gasteiger partial charge in [-0.15, -0.1) is 0 Å². The Bertz CT molecular complexity index is 425. The van der Waals surface area contributed by atoms with Gasteiger partial charge in [0.15, 0.2) is 0 Å². The average Bonchev–Trinajstić information content (AvgIpc) is 2.39. The van der Waals surface area contributed by atoms with Crippen LogP contribution in [0.3, 0.4) is 0 Å². The molecule has 4 aliphatic rings. The molecule has 0 spiro atoms. The first-order valence-electron chi connectivity index (χ1n) is 7.76. The SMILES string of the molecule is Fc1ccc(CNC2C3CC4CC(C3)CC2C4)cc1. The van der Waals surface area contributed by atoms with Crippen molar-refractivity contribution in [3.8, 4) is 0 Å². The van der Waals surface area contributed by atoms with Gasteiger partial charge in [-0.05, 0) is 73.5 Å². The van der Waals surface area contributed by atoms with E-state index in [1.165, 1.54) is 37.7 Å². The predicted molar refractivity (Wildman–Crippen MR) is 74.1 cm³/mol. The molecule has 0 atom stereocenters. The van der Waals surface area contributed by atoms with Gasteiger partial charge in [0, 0.05) is 12.6 Å². The summed E-state index contributed by atoms with van der Waals surface area (Å²) in [7, 11) is 0. The molecule has 4 fully saturated rings. The molecule has 4 bridgehead atoms. The van der Waals surface area contributed by atoms with Crippen molar-refractivity contribution in [3.63, 3.8) is 0 Å². The summed E-state index contributed by atoms with van der Waals surface area (Å²) in [6.45, 7) is 0.896. The number of nitrogens with one attached hydrogen (secondary N) is 1. The van der Waals surface area contributed by atoms with Crippen LogP contribution in [0, 0.1) is 29.5 Å². The fourth-order valence-corrected chi connectivity index (χ4v) is 5.10. The Morgan fingerprint density at radius 1 is 0.895 bits per heavy atom. The maximum atomic E-state index is 12.9. The largest absolute Gasteiger partial charge is 0.309 e. The smallest absolute Gasteiger partial charge is 0.123 e. The van der Waals surface area contributed by atoms with E-state index in [9.17, 15) is 4.39 Å². The lowest BCUT2D eigenvalue weighted by molar-refractivity contribution is -0.0142. The van der Waals surface area contributed by atoms with Crippen LogP contribution in [0.15, 0.2) is 24.3 Å². The lowest BCUT2D eigenvalue weighted by atomic mass is 9.54. The van der Waals surface area contributed by atoms with Crippen molar-refractivity contribution >= 4 is 0 Å². The molecule has 2 heteroatoms. The molecule has 0 radical (unpaired) electrons. The van der Waals surface area contributed by atoms with Crippen LogP contribution < -0.4 is 5.32 Å². The molecule has 0 amide bonds. The van der Waals surface area contributed by atoms with E-state index >= 15 is 0 Å². The molecule has 1 nitrogen and oxygen atoms in total. The Labute approximate surface area is 114 Å². The highest BCUT2D eigenvalue weighted by Crippen LogP contribution is 2.53. The summed E-state index contributed by atoms with van der Waals surface area (Å²) >= 11 is 0. The highest BCUT2D eigenvalue weighted by molar-refractivity contribution is 5.16. The third kappa shape index (κ3) is 2.20. The van der Waals surface area contributed by atoms with Gasteiger partial charge in [-0.3, -0.25) is 0 Å². The fourth-order valence-electron chi connectivity index (χ4n) is 5.10. The second kappa shape index (κ2) is 4.59. The van der Waals surface area contributed by atoms with E-state index < -0.39 is 0 Å². The normalized spacial score (nSPS) is 39.7. The first-order valence-corrected chi connectivity index (χ1v) is 7.76. The quantitative estimate of drug-likeness (QED) is 0.872. The third-order valence-electron chi connectivity index (χ3n) is 5.68. The van der Waals surface area contributed by atoms with Gasteiger partial charge < -0.3 is 5.32 Å². The van der Waals surface area contributed by atoms with Crippen molar-refractivity contribution in [3.05, 3.63) is 35.6 Å². The predicted octanol–water partition coefficient (Wildman–Crippen LogP) is 3.74. The first-order chi connectivity index (χ1) is 9.28. The van der Waals surface area contributed by atoms with E-state index in [0.717, 1.165) is 36.3 Å². The lowest BCUT2D eigenvalue weighted by Gasteiger charge is -2.54. The Balaban J connectivity index is 1.42. The van der Waals surface area contributed by atoms with Crippen LogP contribution in [0.1, 0.15) is 37.7 Å². The Kier molecular flexibility index (Phi) is 2.87. The van der Waals surface area contributed by atoms with Gasteiger partial charge in [-0.2, -0.15) is 0 Å². The minimum atomic E-state index is -0.140. The second-order valence-electron chi connectivity index (χ2n) is 6.96. The number of rotatable bonds is 3. The number of hydrogen-bond donors (Lipinski definition) is 1. The minimum Gasteiger partial charge on any atom is -0.309 e. The topological polar surface area (TPSA) is 12.0 Å². The zero-order valence-electron chi connectivity index (χ0n) is 11.3. The van der Waals surface area contributed by atoms with Gasteiger partial charge in [-0.1, -0.05) is 12.1 Å². The van der Waals surface area contributed by atoms with E-state index in [1.807, 2.05) is 12.1 Å². The molecule has 0 saturated heterocycles. The van der Waals surface area contributed by atoms with Gasteiger partial charge in [0.05, 0.1) is 0 Å². The molecular formula is C17H22FN. The van der Waals surface area contributed by atoms with Crippen molar-refractivity contribution < 1.29 is 4.39 Å². The zero-order valence-corrected chi connectivity index (χ0v) is 11.3. The molecule has 0 aliphatic heterocycles. The summed E-state index contributed by atoms with van der Waals surface area (Å²) in [5, 5.41) is 3.78. The Hall–Kier alpha value is -0.890. The van der Waals surface area contributed by atoms with Gasteiger partial charge in [-0.25, -0.2) is 4.39 Å². The summed E-state index contributed by atoms with van der Waals surface area (Å²) in [5.74, 6) is 3.75. The average molecular weight is 259 g/mol. The molecular weight excluding hydrogens is 237 g/mol. The maximum Gasteiger partial charge on any atom is 0.123 e. The monoisotopic (exact) mass is 259 g/mol. The standard InChI is InChI=1S/C17H22FN/c18-16-3-1-11(2-4-16)10-19-17-14-6-12-5-13(8-14)9-15(17)7-12/h1-4,12-15,17,19H,5-10H2. The van der Waals surface area contributed by atoms with E-state index in [4.69, 9.17) is 0 Å². The summed E-state index contributed by atoms with van der Waals surface area (Å²) in [4.78, 5) is 0. The van der Waals surface area contributed by atoms with Gasteiger partial charge >= 0.3 is 0 Å². The van der Waals surface area contributed by atoms with Crippen LogP contribution in [0.5, 0.6) is 0 Å². The molecule has 0 aromatic heterocycles. The molecule has 1 N–H and O–H groups in total. The van der Waals surface area contributed by atoms with Crippen molar-refractivity contribution in [2.45, 2.75) is 44.7 Å². The van der Waals surface area contributed by atoms with Gasteiger partial charge in [0.25, 0.3) is 0 Å². The van der Waals surface area contributed by atoms with Crippen molar-refractivity contribution in [2.75, 3.05) is 0 Å².